The Labute approximate surface area is 164 Å². The molecular formula is C22H26N4O2. The molecule has 0 spiro atoms. The van der Waals surface area contributed by atoms with Gasteiger partial charge < -0.3 is 14.5 Å². The minimum atomic E-state index is -0.188. The van der Waals surface area contributed by atoms with Gasteiger partial charge in [0.15, 0.2) is 0 Å². The molecule has 0 aliphatic carbocycles. The molecule has 3 heterocycles. The third kappa shape index (κ3) is 3.46. The SMILES string of the molecule is CCn1c(C)ccc(C(=O)N2CCC[C@H](Cc3nc4ccccc4[nH]3)C2)c1=O. The standard InChI is InChI=1S/C22H26N4O2/c1-3-26-15(2)10-11-17(22(26)28)21(27)25-12-6-7-16(14-25)13-20-23-18-8-4-5-9-19(18)24-20/h4-5,8-11,16H,3,6-7,12-14H2,1-2H3,(H,23,24)/t16-/m1/s1. The number of amides is 1. The monoisotopic (exact) mass is 378 g/mol. The zero-order valence-corrected chi connectivity index (χ0v) is 16.4. The minimum Gasteiger partial charge on any atom is -0.342 e. The maximum Gasteiger partial charge on any atom is 0.263 e. The third-order valence-electron chi connectivity index (χ3n) is 5.67. The summed E-state index contributed by atoms with van der Waals surface area (Å²) in [5, 5.41) is 0. The number of carbonyl (C=O) groups is 1. The van der Waals surface area contributed by atoms with Crippen molar-refractivity contribution in [1.82, 2.24) is 19.4 Å². The van der Waals surface area contributed by atoms with Crippen molar-refractivity contribution in [2.24, 2.45) is 5.92 Å². The number of hydrogen-bond acceptors (Lipinski definition) is 3. The maximum absolute atomic E-state index is 13.0. The first-order valence-electron chi connectivity index (χ1n) is 10.00. The van der Waals surface area contributed by atoms with E-state index in [9.17, 15) is 9.59 Å². The Bertz CT molecular complexity index is 1030. The Morgan fingerprint density at radius 1 is 1.25 bits per heavy atom. The average molecular weight is 378 g/mol. The van der Waals surface area contributed by atoms with E-state index in [2.05, 4.69) is 9.97 Å². The van der Waals surface area contributed by atoms with Gasteiger partial charge in [0.2, 0.25) is 0 Å². The second kappa shape index (κ2) is 7.62. The van der Waals surface area contributed by atoms with Gasteiger partial charge in [-0.3, -0.25) is 9.59 Å². The number of aromatic nitrogens is 3. The van der Waals surface area contributed by atoms with Crippen LogP contribution in [0.1, 0.15) is 41.6 Å². The number of pyridine rings is 1. The molecule has 1 N–H and O–H groups in total. The second-order valence-electron chi connectivity index (χ2n) is 7.60. The van der Waals surface area contributed by atoms with Crippen molar-refractivity contribution in [3.63, 3.8) is 0 Å². The highest BCUT2D eigenvalue weighted by atomic mass is 16.2. The van der Waals surface area contributed by atoms with Gasteiger partial charge in [0.25, 0.3) is 11.5 Å². The molecule has 1 amide bonds. The summed E-state index contributed by atoms with van der Waals surface area (Å²) in [4.78, 5) is 35.6. The largest absolute Gasteiger partial charge is 0.342 e. The fourth-order valence-corrected chi connectivity index (χ4v) is 4.19. The van der Waals surface area contributed by atoms with E-state index >= 15 is 0 Å². The van der Waals surface area contributed by atoms with Crippen LogP contribution in [-0.2, 0) is 13.0 Å². The molecule has 0 unspecified atom stereocenters. The first-order valence-corrected chi connectivity index (χ1v) is 10.00. The Morgan fingerprint density at radius 2 is 2.07 bits per heavy atom. The number of benzene rings is 1. The number of piperidine rings is 1. The number of hydrogen-bond donors (Lipinski definition) is 1. The lowest BCUT2D eigenvalue weighted by atomic mass is 9.94. The lowest BCUT2D eigenvalue weighted by Gasteiger charge is -2.32. The number of carbonyl (C=O) groups excluding carboxylic acids is 1. The fourth-order valence-electron chi connectivity index (χ4n) is 4.19. The average Bonchev–Trinajstić information content (AvgIpc) is 3.10. The molecule has 1 saturated heterocycles. The van der Waals surface area contributed by atoms with Crippen molar-refractivity contribution in [2.45, 2.75) is 39.7 Å². The summed E-state index contributed by atoms with van der Waals surface area (Å²) in [6, 6.07) is 11.5. The van der Waals surface area contributed by atoms with Crippen LogP contribution in [0.3, 0.4) is 0 Å². The number of rotatable bonds is 4. The van der Waals surface area contributed by atoms with Gasteiger partial charge in [-0.25, -0.2) is 4.98 Å². The molecule has 0 radical (unpaired) electrons. The van der Waals surface area contributed by atoms with Crippen LogP contribution in [0.5, 0.6) is 0 Å². The van der Waals surface area contributed by atoms with Crippen molar-refractivity contribution in [3.8, 4) is 0 Å². The number of nitrogens with zero attached hydrogens (tertiary/aromatic N) is 3. The van der Waals surface area contributed by atoms with Crippen LogP contribution in [0.2, 0.25) is 0 Å². The van der Waals surface area contributed by atoms with E-state index in [-0.39, 0.29) is 17.0 Å². The summed E-state index contributed by atoms with van der Waals surface area (Å²) in [5.41, 5.74) is 2.98. The predicted molar refractivity (Wildman–Crippen MR) is 110 cm³/mol. The van der Waals surface area contributed by atoms with Crippen LogP contribution < -0.4 is 5.56 Å². The number of aromatic amines is 1. The molecule has 1 fully saturated rings. The highest BCUT2D eigenvalue weighted by molar-refractivity contribution is 5.94. The molecule has 1 aromatic carbocycles. The van der Waals surface area contributed by atoms with E-state index in [4.69, 9.17) is 0 Å². The van der Waals surface area contributed by atoms with Crippen LogP contribution >= 0.6 is 0 Å². The van der Waals surface area contributed by atoms with Crippen LogP contribution in [0.4, 0.5) is 0 Å². The first-order chi connectivity index (χ1) is 13.6. The molecule has 146 valence electrons. The van der Waals surface area contributed by atoms with Gasteiger partial charge in [-0.05, 0) is 56.9 Å². The Hall–Kier alpha value is -2.89. The highest BCUT2D eigenvalue weighted by Gasteiger charge is 2.27. The minimum absolute atomic E-state index is 0.151. The van der Waals surface area contributed by atoms with E-state index in [1.54, 1.807) is 10.6 Å². The molecule has 1 atom stereocenters. The van der Waals surface area contributed by atoms with Crippen molar-refractivity contribution in [1.29, 1.82) is 0 Å². The van der Waals surface area contributed by atoms with E-state index in [0.717, 1.165) is 41.8 Å². The Balaban J connectivity index is 1.50. The highest BCUT2D eigenvalue weighted by Crippen LogP contribution is 2.22. The number of H-pyrrole nitrogens is 1. The van der Waals surface area contributed by atoms with Gasteiger partial charge in [-0.1, -0.05) is 12.1 Å². The smallest absolute Gasteiger partial charge is 0.263 e. The quantitative estimate of drug-likeness (QED) is 0.758. The summed E-state index contributed by atoms with van der Waals surface area (Å²) < 4.78 is 1.66. The molecular weight excluding hydrogens is 352 g/mol. The van der Waals surface area contributed by atoms with Gasteiger partial charge >= 0.3 is 0 Å². The number of likely N-dealkylation sites (tertiary alicyclic amines) is 1. The van der Waals surface area contributed by atoms with Gasteiger partial charge in [-0.2, -0.15) is 0 Å². The lowest BCUT2D eigenvalue weighted by Crippen LogP contribution is -2.43. The fraction of sp³-hybridized carbons (Fsp3) is 0.409. The van der Waals surface area contributed by atoms with E-state index in [1.807, 2.05) is 49.1 Å². The molecule has 6 nitrogen and oxygen atoms in total. The predicted octanol–water partition coefficient (Wildman–Crippen LogP) is 3.15. The van der Waals surface area contributed by atoms with Crippen molar-refractivity contribution >= 4 is 16.9 Å². The molecule has 1 aliphatic heterocycles. The summed E-state index contributed by atoms with van der Waals surface area (Å²) in [6.45, 7) is 5.75. The summed E-state index contributed by atoms with van der Waals surface area (Å²) in [7, 11) is 0. The normalized spacial score (nSPS) is 17.2. The van der Waals surface area contributed by atoms with E-state index < -0.39 is 0 Å². The molecule has 0 saturated carbocycles. The summed E-state index contributed by atoms with van der Waals surface area (Å²) in [6.07, 6.45) is 2.82. The topological polar surface area (TPSA) is 71.0 Å². The molecule has 6 heteroatoms. The number of para-hydroxylation sites is 2. The number of fused-ring (bicyclic) bond motifs is 1. The van der Waals surface area contributed by atoms with E-state index in [1.165, 1.54) is 0 Å². The summed E-state index contributed by atoms with van der Waals surface area (Å²) >= 11 is 0. The van der Waals surface area contributed by atoms with Gasteiger partial charge in [0, 0.05) is 31.7 Å². The number of nitrogens with one attached hydrogen (secondary N) is 1. The first kappa shape index (κ1) is 18.5. The molecule has 4 rings (SSSR count). The molecule has 28 heavy (non-hydrogen) atoms. The van der Waals surface area contributed by atoms with Crippen molar-refractivity contribution in [2.75, 3.05) is 13.1 Å². The summed E-state index contributed by atoms with van der Waals surface area (Å²) in [5.74, 6) is 1.16. The molecule has 1 aliphatic rings. The van der Waals surface area contributed by atoms with Gasteiger partial charge in [0.05, 0.1) is 11.0 Å². The second-order valence-corrected chi connectivity index (χ2v) is 7.60. The van der Waals surface area contributed by atoms with Crippen molar-refractivity contribution < 1.29 is 4.79 Å². The van der Waals surface area contributed by atoms with Gasteiger partial charge in [-0.15, -0.1) is 0 Å². The molecule has 3 aromatic rings. The Kier molecular flexibility index (Phi) is 5.03. The third-order valence-corrected chi connectivity index (χ3v) is 5.67. The zero-order valence-electron chi connectivity index (χ0n) is 16.4. The number of aryl methyl sites for hydroxylation is 1. The molecule has 2 aromatic heterocycles. The van der Waals surface area contributed by atoms with E-state index in [0.29, 0.717) is 25.6 Å². The van der Waals surface area contributed by atoms with Crippen molar-refractivity contribution in [3.05, 3.63) is 63.8 Å². The van der Waals surface area contributed by atoms with Gasteiger partial charge in [0.1, 0.15) is 11.4 Å². The lowest BCUT2D eigenvalue weighted by molar-refractivity contribution is 0.0669. The zero-order chi connectivity index (χ0) is 19.7. The van der Waals surface area contributed by atoms with Crippen LogP contribution in [-0.4, -0.2) is 38.4 Å². The number of imidazole rings is 1. The van der Waals surface area contributed by atoms with Crippen LogP contribution in [0.25, 0.3) is 11.0 Å². The van der Waals surface area contributed by atoms with Crippen LogP contribution in [0, 0.1) is 12.8 Å². The van der Waals surface area contributed by atoms with Crippen LogP contribution in [0.15, 0.2) is 41.2 Å². The maximum atomic E-state index is 13.0. The Morgan fingerprint density at radius 3 is 2.86 bits per heavy atom. The molecule has 0 bridgehead atoms.